The van der Waals surface area contributed by atoms with Crippen molar-refractivity contribution < 1.29 is 0 Å². The molecule has 0 bridgehead atoms. The molecule has 0 aliphatic rings. The Balaban J connectivity index is 2.48. The van der Waals surface area contributed by atoms with Crippen LogP contribution < -0.4 is 5.84 Å². The lowest BCUT2D eigenvalue weighted by Crippen LogP contribution is -2.11. The fourth-order valence-electron chi connectivity index (χ4n) is 3.78. The van der Waals surface area contributed by atoms with Crippen molar-refractivity contribution in [3.8, 4) is 0 Å². The number of nitrogens with two attached hydrogens (primary N) is 1. The fourth-order valence-corrected chi connectivity index (χ4v) is 6.81. The number of hydrogen-bond acceptors (Lipinski definition) is 3. The Kier molecular flexibility index (Phi) is 4.50. The molecule has 2 nitrogen and oxygen atoms in total. The average molecular weight is 363 g/mol. The fraction of sp³-hybridized carbons (Fsp3) is 0.600. The molecule has 3 aromatic heterocycles. The summed E-state index contributed by atoms with van der Waals surface area (Å²) in [4.78, 5) is 3.00. The first kappa shape index (κ1) is 17.8. The van der Waals surface area contributed by atoms with Crippen LogP contribution in [0, 0.1) is 0 Å². The van der Waals surface area contributed by atoms with Crippen LogP contribution in [0.3, 0.4) is 0 Å². The van der Waals surface area contributed by atoms with Gasteiger partial charge in [-0.25, -0.2) is 0 Å². The molecule has 0 aromatic carbocycles. The monoisotopic (exact) mass is 362 g/mol. The van der Waals surface area contributed by atoms with Crippen LogP contribution in [0.5, 0.6) is 0 Å². The summed E-state index contributed by atoms with van der Waals surface area (Å²) >= 11 is 3.93. The number of nitrogen functional groups attached to an aromatic ring is 1. The number of thiophene rings is 2. The highest BCUT2D eigenvalue weighted by atomic mass is 32.1. The zero-order chi connectivity index (χ0) is 17.9. The number of hydrogen-bond donors (Lipinski definition) is 1. The van der Waals surface area contributed by atoms with Crippen molar-refractivity contribution >= 4 is 43.1 Å². The molecule has 0 saturated carbocycles. The minimum absolute atomic E-state index is 0.495. The van der Waals surface area contributed by atoms with E-state index in [4.69, 9.17) is 5.84 Å². The molecule has 0 saturated heterocycles. The third-order valence-corrected chi connectivity index (χ3v) is 7.94. The van der Waals surface area contributed by atoms with Crippen molar-refractivity contribution in [2.75, 3.05) is 5.84 Å². The molecule has 0 fully saturated rings. The lowest BCUT2D eigenvalue weighted by atomic mass is 9.98. The van der Waals surface area contributed by atoms with E-state index in [2.05, 4.69) is 55.4 Å². The lowest BCUT2D eigenvalue weighted by Gasteiger charge is -2.14. The molecule has 24 heavy (non-hydrogen) atoms. The molecule has 132 valence electrons. The SMILES string of the molecule is CC(C)c1sc2c3sc(C(C)C)c(C(C)C)c3n(N)c2c1C(C)C. The van der Waals surface area contributed by atoms with Gasteiger partial charge in [0.25, 0.3) is 0 Å². The van der Waals surface area contributed by atoms with Gasteiger partial charge in [0.1, 0.15) is 0 Å². The third kappa shape index (κ3) is 2.41. The van der Waals surface area contributed by atoms with Crippen molar-refractivity contribution in [1.29, 1.82) is 0 Å². The normalized spacial score (nSPS) is 13.0. The predicted octanol–water partition coefficient (Wildman–Crippen LogP) is 7.12. The second-order valence-corrected chi connectivity index (χ2v) is 10.2. The molecule has 4 heteroatoms. The lowest BCUT2D eigenvalue weighted by molar-refractivity contribution is 0.804. The summed E-state index contributed by atoms with van der Waals surface area (Å²) in [7, 11) is 0. The summed E-state index contributed by atoms with van der Waals surface area (Å²) in [5.74, 6) is 8.79. The van der Waals surface area contributed by atoms with Crippen LogP contribution in [0.15, 0.2) is 0 Å². The zero-order valence-electron chi connectivity index (χ0n) is 16.2. The average Bonchev–Trinajstić information content (AvgIpc) is 3.09. The van der Waals surface area contributed by atoms with Crippen molar-refractivity contribution in [2.24, 2.45) is 0 Å². The first-order valence-corrected chi connectivity index (χ1v) is 10.7. The highest BCUT2D eigenvalue weighted by Gasteiger charge is 2.28. The standard InChI is InChI=1S/C20H30N2S2/c1-9(2)13-15-19(23-17(13)11(5)6)20-16(22(15)21)14(10(3)4)18(24-20)12(7)8/h9-12H,21H2,1-8H3. The first-order valence-electron chi connectivity index (χ1n) is 9.05. The van der Waals surface area contributed by atoms with Crippen LogP contribution in [0.4, 0.5) is 0 Å². The van der Waals surface area contributed by atoms with Gasteiger partial charge in [-0.1, -0.05) is 55.4 Å². The highest BCUT2D eigenvalue weighted by Crippen LogP contribution is 2.49. The molecular formula is C20H30N2S2. The molecule has 3 heterocycles. The summed E-state index contributed by atoms with van der Waals surface area (Å²) in [6.07, 6.45) is 0. The van der Waals surface area contributed by atoms with Crippen LogP contribution >= 0.6 is 22.7 Å². The summed E-state index contributed by atoms with van der Waals surface area (Å²) in [5, 5.41) is 0. The summed E-state index contributed by atoms with van der Waals surface area (Å²) in [6, 6.07) is 0. The largest absolute Gasteiger partial charge is 0.338 e. The van der Waals surface area contributed by atoms with Gasteiger partial charge in [0, 0.05) is 9.75 Å². The molecule has 0 radical (unpaired) electrons. The maximum atomic E-state index is 6.71. The van der Waals surface area contributed by atoms with Crippen LogP contribution in [-0.2, 0) is 0 Å². The second-order valence-electron chi connectivity index (χ2n) is 8.10. The number of rotatable bonds is 4. The van der Waals surface area contributed by atoms with E-state index < -0.39 is 0 Å². The molecule has 0 amide bonds. The van der Waals surface area contributed by atoms with Crippen LogP contribution in [0.1, 0.15) is 99.9 Å². The van der Waals surface area contributed by atoms with Gasteiger partial charge < -0.3 is 5.84 Å². The quantitative estimate of drug-likeness (QED) is 0.492. The van der Waals surface area contributed by atoms with E-state index in [1.807, 2.05) is 27.3 Å². The third-order valence-electron chi connectivity index (χ3n) is 4.79. The summed E-state index contributed by atoms with van der Waals surface area (Å²) < 4.78 is 4.82. The Morgan fingerprint density at radius 3 is 1.21 bits per heavy atom. The second kappa shape index (κ2) is 6.06. The Labute approximate surface area is 153 Å². The van der Waals surface area contributed by atoms with Crippen LogP contribution in [0.2, 0.25) is 0 Å². The molecule has 0 spiro atoms. The molecule has 0 unspecified atom stereocenters. The van der Waals surface area contributed by atoms with Crippen molar-refractivity contribution in [1.82, 2.24) is 4.68 Å². The summed E-state index contributed by atoms with van der Waals surface area (Å²) in [5.41, 5.74) is 5.46. The molecule has 3 rings (SSSR count). The Hall–Kier alpha value is -1.00. The van der Waals surface area contributed by atoms with Gasteiger partial charge in [-0.3, -0.25) is 4.68 Å². The molecular weight excluding hydrogens is 332 g/mol. The number of fused-ring (bicyclic) bond motifs is 3. The van der Waals surface area contributed by atoms with Crippen molar-refractivity contribution in [2.45, 2.75) is 79.1 Å². The van der Waals surface area contributed by atoms with Crippen LogP contribution in [0.25, 0.3) is 20.4 Å². The molecule has 0 atom stereocenters. The van der Waals surface area contributed by atoms with E-state index in [9.17, 15) is 0 Å². The van der Waals surface area contributed by atoms with E-state index >= 15 is 0 Å². The zero-order valence-corrected chi connectivity index (χ0v) is 17.8. The van der Waals surface area contributed by atoms with E-state index in [0.29, 0.717) is 23.7 Å². The Morgan fingerprint density at radius 1 is 0.625 bits per heavy atom. The Bertz CT molecular complexity index is 816. The van der Waals surface area contributed by atoms with Gasteiger partial charge >= 0.3 is 0 Å². The minimum Gasteiger partial charge on any atom is -0.338 e. The van der Waals surface area contributed by atoms with Gasteiger partial charge in [0.2, 0.25) is 0 Å². The maximum Gasteiger partial charge on any atom is 0.0857 e. The van der Waals surface area contributed by atoms with Crippen molar-refractivity contribution in [3.63, 3.8) is 0 Å². The minimum atomic E-state index is 0.495. The van der Waals surface area contributed by atoms with E-state index in [0.717, 1.165) is 0 Å². The van der Waals surface area contributed by atoms with E-state index in [1.165, 1.54) is 41.3 Å². The predicted molar refractivity (Wildman–Crippen MR) is 112 cm³/mol. The molecule has 3 aromatic rings. The smallest absolute Gasteiger partial charge is 0.0857 e. The number of nitrogens with zero attached hydrogens (tertiary/aromatic N) is 1. The molecule has 0 aliphatic heterocycles. The first-order chi connectivity index (χ1) is 11.2. The van der Waals surface area contributed by atoms with Gasteiger partial charge in [-0.2, -0.15) is 0 Å². The highest BCUT2D eigenvalue weighted by molar-refractivity contribution is 7.27. The van der Waals surface area contributed by atoms with E-state index in [-0.39, 0.29) is 0 Å². The molecule has 0 aliphatic carbocycles. The Morgan fingerprint density at radius 2 is 0.958 bits per heavy atom. The van der Waals surface area contributed by atoms with Gasteiger partial charge in [0.05, 0.1) is 20.4 Å². The van der Waals surface area contributed by atoms with E-state index in [1.54, 1.807) is 0 Å². The van der Waals surface area contributed by atoms with Gasteiger partial charge in [-0.15, -0.1) is 22.7 Å². The number of aromatic nitrogens is 1. The van der Waals surface area contributed by atoms with Gasteiger partial charge in [0.15, 0.2) is 0 Å². The molecule has 2 N–H and O–H groups in total. The van der Waals surface area contributed by atoms with Crippen molar-refractivity contribution in [3.05, 3.63) is 20.9 Å². The van der Waals surface area contributed by atoms with Gasteiger partial charge in [-0.05, 0) is 34.8 Å². The topological polar surface area (TPSA) is 30.9 Å². The summed E-state index contributed by atoms with van der Waals surface area (Å²) in [6.45, 7) is 18.3. The maximum absolute atomic E-state index is 6.71. The van der Waals surface area contributed by atoms with Crippen LogP contribution in [-0.4, -0.2) is 4.68 Å².